The quantitative estimate of drug-likeness (QED) is 0.0200. The Balaban J connectivity index is -0.000000431. The second kappa shape index (κ2) is 61.4. The zero-order chi connectivity index (χ0) is 89.2. The number of hydrogen-bond acceptors (Lipinski definition) is 24. The van der Waals surface area contributed by atoms with Crippen molar-refractivity contribution in [2.75, 3.05) is 112 Å². The van der Waals surface area contributed by atoms with Crippen LogP contribution in [0.4, 0.5) is 0 Å². The first-order valence-electron chi connectivity index (χ1n) is 42.9. The maximum Gasteiger partial charge on any atom is 0.314 e. The van der Waals surface area contributed by atoms with E-state index in [2.05, 4.69) is 218 Å². The van der Waals surface area contributed by atoms with Gasteiger partial charge in [-0.25, -0.2) is 0 Å². The lowest BCUT2D eigenvalue weighted by Gasteiger charge is -2.41. The van der Waals surface area contributed by atoms with E-state index in [1.54, 1.807) is 0 Å². The number of ether oxygens (including phenoxy) is 5. The zero-order valence-corrected chi connectivity index (χ0v) is 93.5. The van der Waals surface area contributed by atoms with E-state index in [1.165, 1.54) is 49.5 Å². The Labute approximate surface area is 709 Å². The van der Waals surface area contributed by atoms with Gasteiger partial charge in [-0.3, -0.25) is 0 Å². The molecule has 0 radical (unpaired) electrons. The van der Waals surface area contributed by atoms with Gasteiger partial charge < -0.3 is 112 Å². The summed E-state index contributed by atoms with van der Waals surface area (Å²) in [4.78, 5) is 0. The van der Waals surface area contributed by atoms with Crippen molar-refractivity contribution in [3.05, 3.63) is 0 Å². The van der Waals surface area contributed by atoms with Crippen LogP contribution >= 0.6 is 0 Å². The van der Waals surface area contributed by atoms with E-state index in [0.717, 1.165) is 68.7 Å². The van der Waals surface area contributed by atoms with Gasteiger partial charge in [0.25, 0.3) is 0 Å². The van der Waals surface area contributed by atoms with E-state index < -0.39 is 141 Å². The Morgan fingerprint density at radius 3 is 0.796 bits per heavy atom. The van der Waals surface area contributed by atoms with Crippen LogP contribution in [0.15, 0.2) is 0 Å². The Kier molecular flexibility index (Phi) is 67.2. The molecular weight excluding hydrogens is 1680 g/mol. The fourth-order valence-corrected chi connectivity index (χ4v) is 73.4. The summed E-state index contributed by atoms with van der Waals surface area (Å²) in [6.45, 7) is 78.3. The summed E-state index contributed by atoms with van der Waals surface area (Å²) in [6, 6.07) is 10.9. The molecule has 0 aromatic heterocycles. The first kappa shape index (κ1) is 124. The maximum absolute atomic E-state index is 9.27. The van der Waals surface area contributed by atoms with Crippen LogP contribution in [0.2, 0.25) is 244 Å². The third-order valence-electron chi connectivity index (χ3n) is 17.2. The van der Waals surface area contributed by atoms with Crippen molar-refractivity contribution >= 4 is 117 Å². The second-order valence-electron chi connectivity index (χ2n) is 39.6. The van der Waals surface area contributed by atoms with Gasteiger partial charge in [-0.1, -0.05) is 67.2 Å². The van der Waals surface area contributed by atoms with Gasteiger partial charge >= 0.3 is 34.2 Å². The van der Waals surface area contributed by atoms with Crippen LogP contribution in [-0.2, 0) is 60.7 Å². The summed E-state index contributed by atoms with van der Waals surface area (Å²) in [6.07, 6.45) is 7.31. The molecule has 0 bridgehead atoms. The summed E-state index contributed by atoms with van der Waals surface area (Å²) in [5, 5.41) is 90.4. The molecule has 0 rings (SSSR count). The van der Waals surface area contributed by atoms with Crippen molar-refractivity contribution < 1.29 is 112 Å². The predicted octanol–water partition coefficient (Wildman–Crippen LogP) is 16.3. The summed E-state index contributed by atoms with van der Waals surface area (Å²) < 4.78 is 85.9. The van der Waals surface area contributed by atoms with Crippen molar-refractivity contribution in [1.29, 1.82) is 0 Å². The van der Waals surface area contributed by atoms with Gasteiger partial charge in [-0.05, 0) is 276 Å². The van der Waals surface area contributed by atoms with E-state index in [0.29, 0.717) is 46.2 Å². The molecule has 0 saturated carbocycles. The van der Waals surface area contributed by atoms with Crippen LogP contribution in [0.3, 0.4) is 0 Å². The standard InChI is InChI=1S/C17H42O5Si3.C16H38O4Si2.C15H38O5Si3.C14H36O5Si3.C13H34O5Si3/c1-23(2,3)21-25(7,22-24(4,5)6)14-12-10-8-9-11-13-20-16-17(19)15-18;1-6-21(7-2,8-3)20-22(9-4,10-5)13-11-12-19-15-16(18)14-17;1-15(12-16,13-17)14-18-10-9-11-23(8,19-21(2,3)4)20-22(5,6)7;1-20(2,3)18-22(7,19-21(4,5)6)10-8-9-17-13-14(11-15)12-16;1-19(2,3)17-21(7,18-20(4,5)6)10-8-9-16-13(11-14)12-15/h17-19H,8-16H2,1-7H3;16-18H,6-15H2,1-5H3;16-17H,9-14H2,1-8H3;14-16H,8-13H2,1-7H3;13-15H,8-12H2,1-7H3. The highest BCUT2D eigenvalue weighted by atomic mass is 28.5. The summed E-state index contributed by atoms with van der Waals surface area (Å²) in [5.74, 6) is -0.180. The molecule has 0 aliphatic heterocycles. The van der Waals surface area contributed by atoms with Gasteiger partial charge in [-0.15, -0.1) is 0 Å². The fraction of sp³-hybridized carbons (Fsp3) is 1.00. The number of aliphatic hydroxyl groups is 10. The molecular formula is C75H188O24Si14. The maximum atomic E-state index is 9.27. The molecule has 0 saturated heterocycles. The average molecular weight is 1870 g/mol. The molecule has 0 fully saturated rings. The molecule has 0 aliphatic carbocycles. The Morgan fingerprint density at radius 2 is 0.522 bits per heavy atom. The van der Waals surface area contributed by atoms with E-state index in [1.807, 2.05) is 6.92 Å². The number of rotatable bonds is 64. The molecule has 0 amide bonds. The minimum absolute atomic E-state index is 0.0412. The van der Waals surface area contributed by atoms with E-state index >= 15 is 0 Å². The molecule has 24 nitrogen and oxygen atoms in total. The Hall–Kier alpha value is 2.08. The van der Waals surface area contributed by atoms with Crippen molar-refractivity contribution in [1.82, 2.24) is 0 Å². The molecule has 0 spiro atoms. The molecule has 38 heteroatoms. The topological polar surface area (TPSA) is 332 Å². The van der Waals surface area contributed by atoms with Crippen LogP contribution in [0, 0.1) is 11.3 Å². The molecule has 0 aromatic carbocycles. The fourth-order valence-electron chi connectivity index (χ4n) is 12.8. The highest BCUT2D eigenvalue weighted by Gasteiger charge is 2.45. The largest absolute Gasteiger partial charge is 0.455 e. The monoisotopic (exact) mass is 1870 g/mol. The number of hydrogen-bond donors (Lipinski definition) is 10. The lowest BCUT2D eigenvalue weighted by molar-refractivity contribution is -0.0195. The van der Waals surface area contributed by atoms with Crippen LogP contribution in [0.25, 0.3) is 0 Å². The molecule has 10 N–H and O–H groups in total. The van der Waals surface area contributed by atoms with E-state index in [-0.39, 0.29) is 72.0 Å². The highest BCUT2D eigenvalue weighted by Crippen LogP contribution is 2.35. The molecule has 688 valence electrons. The third-order valence-corrected chi connectivity index (χ3v) is 66.8. The van der Waals surface area contributed by atoms with Gasteiger partial charge in [0.05, 0.1) is 79.3 Å². The molecule has 0 aliphatic rings. The highest BCUT2D eigenvalue weighted by molar-refractivity contribution is 6.91. The Morgan fingerprint density at radius 1 is 0.265 bits per heavy atom. The lowest BCUT2D eigenvalue weighted by Crippen LogP contribution is -2.52. The minimum Gasteiger partial charge on any atom is -0.455 e. The van der Waals surface area contributed by atoms with Crippen LogP contribution in [-0.4, -0.2) is 299 Å². The molecule has 2 atom stereocenters. The van der Waals surface area contributed by atoms with Crippen molar-refractivity contribution in [2.24, 2.45) is 11.3 Å². The van der Waals surface area contributed by atoms with E-state index in [9.17, 15) is 20.4 Å². The van der Waals surface area contributed by atoms with Gasteiger partial charge in [0.15, 0.2) is 83.2 Å². The van der Waals surface area contributed by atoms with E-state index in [4.69, 9.17) is 91.4 Å². The SMILES string of the molecule is CC(CO)(CO)COCCC[Si](C)(O[Si](C)(C)C)O[Si](C)(C)C.CC[Si](CC)(CC)O[Si](CC)(CC)CCCOCC(O)CO.C[Si](C)(C)O[Si](C)(CCCCCCCOCC(O)CO)O[Si](C)(C)C.C[Si](C)(C)O[Si](C)(CCCOC(CO)CO)O[Si](C)(C)C.C[Si](C)(C)O[Si](C)(CCCOCC(CO)CO)O[Si](C)(C)C. The molecule has 0 aromatic rings. The smallest absolute Gasteiger partial charge is 0.314 e. The first-order valence-corrected chi connectivity index (χ1v) is 85.3. The van der Waals surface area contributed by atoms with Crippen molar-refractivity contribution in [2.45, 2.75) is 361 Å². The summed E-state index contributed by atoms with van der Waals surface area (Å²) in [7, 11) is -24.9. The molecule has 113 heavy (non-hydrogen) atoms. The van der Waals surface area contributed by atoms with Crippen molar-refractivity contribution in [3.63, 3.8) is 0 Å². The number of aliphatic hydroxyl groups excluding tert-OH is 10. The lowest BCUT2D eigenvalue weighted by atomic mass is 9.95. The van der Waals surface area contributed by atoms with Crippen molar-refractivity contribution in [3.8, 4) is 0 Å². The number of unbranched alkanes of at least 4 members (excludes halogenated alkanes) is 4. The van der Waals surface area contributed by atoms with Crippen LogP contribution in [0.1, 0.15) is 99.3 Å². The normalized spacial score (nSPS) is 14.3. The third kappa shape index (κ3) is 75.2. The second-order valence-corrected chi connectivity index (χ2v) is 101. The van der Waals surface area contributed by atoms with Crippen LogP contribution < -0.4 is 0 Å². The summed E-state index contributed by atoms with van der Waals surface area (Å²) >= 11 is 0. The summed E-state index contributed by atoms with van der Waals surface area (Å²) in [5.41, 5.74) is -0.565. The van der Waals surface area contributed by atoms with Gasteiger partial charge in [0.2, 0.25) is 0 Å². The van der Waals surface area contributed by atoms with Gasteiger partial charge in [0, 0.05) is 44.4 Å². The minimum atomic E-state index is -2.19. The van der Waals surface area contributed by atoms with Crippen LogP contribution in [0.5, 0.6) is 0 Å². The van der Waals surface area contributed by atoms with Gasteiger partial charge in [0.1, 0.15) is 18.3 Å². The zero-order valence-electron chi connectivity index (χ0n) is 79.5. The molecule has 0 heterocycles. The molecule has 2 unspecified atom stereocenters. The first-order chi connectivity index (χ1) is 51.4. The Bertz CT molecular complexity index is 2160. The predicted molar refractivity (Wildman–Crippen MR) is 506 cm³/mol. The average Bonchev–Trinajstić information content (AvgIpc) is 1.05. The van der Waals surface area contributed by atoms with Gasteiger partial charge in [-0.2, -0.15) is 0 Å².